The van der Waals surface area contributed by atoms with E-state index < -0.39 is 0 Å². The zero-order chi connectivity index (χ0) is 23.4. The molecule has 3 aliphatic rings. The molecule has 1 aromatic heterocycles. The molecule has 1 saturated carbocycles. The standard InChI is InChI=1S/C31H29N3O/c35-31(25-13-14-25)33-17-16-21(19-33)20-34-29-7-2-1-6-28(29)32-30(34)24-11-8-23(9-12-24)27-15-10-22-4-3-5-26(22)18-27/h1-4,6-12,15,18,21,25H,5,13-14,16-17,19-20H2. The third-order valence-electron chi connectivity index (χ3n) is 7.87. The number of imidazole rings is 1. The van der Waals surface area contributed by atoms with E-state index in [9.17, 15) is 4.79 Å². The molecule has 2 heterocycles. The zero-order valence-electron chi connectivity index (χ0n) is 19.9. The molecule has 35 heavy (non-hydrogen) atoms. The Balaban J connectivity index is 1.18. The summed E-state index contributed by atoms with van der Waals surface area (Å²) in [6, 6.07) is 24.0. The van der Waals surface area contributed by atoms with Crippen LogP contribution in [0.4, 0.5) is 0 Å². The highest BCUT2D eigenvalue weighted by atomic mass is 16.2. The number of allylic oxidation sites excluding steroid dienone is 1. The van der Waals surface area contributed by atoms with E-state index in [0.29, 0.717) is 17.7 Å². The highest BCUT2D eigenvalue weighted by Crippen LogP contribution is 2.34. The van der Waals surface area contributed by atoms with Crippen LogP contribution in [0, 0.1) is 11.8 Å². The smallest absolute Gasteiger partial charge is 0.225 e. The molecule has 0 N–H and O–H groups in total. The van der Waals surface area contributed by atoms with Crippen LogP contribution in [0.2, 0.25) is 0 Å². The fourth-order valence-electron chi connectivity index (χ4n) is 5.76. The van der Waals surface area contributed by atoms with Gasteiger partial charge in [-0.05, 0) is 66.0 Å². The molecule has 1 atom stereocenters. The summed E-state index contributed by atoms with van der Waals surface area (Å²) in [7, 11) is 0. The summed E-state index contributed by atoms with van der Waals surface area (Å²) in [4.78, 5) is 19.7. The van der Waals surface area contributed by atoms with Gasteiger partial charge in [0.2, 0.25) is 5.91 Å². The molecule has 3 aromatic carbocycles. The fourth-order valence-corrected chi connectivity index (χ4v) is 5.76. The lowest BCUT2D eigenvalue weighted by molar-refractivity contribution is -0.131. The summed E-state index contributed by atoms with van der Waals surface area (Å²) in [5, 5.41) is 0. The number of hydrogen-bond donors (Lipinski definition) is 0. The molecule has 1 unspecified atom stereocenters. The first-order valence-electron chi connectivity index (χ1n) is 12.9. The number of fused-ring (bicyclic) bond motifs is 2. The number of hydrogen-bond acceptors (Lipinski definition) is 2. The molecule has 1 amide bonds. The van der Waals surface area contributed by atoms with Gasteiger partial charge in [0.05, 0.1) is 11.0 Å². The molecule has 0 spiro atoms. The van der Waals surface area contributed by atoms with Crippen molar-refractivity contribution in [3.8, 4) is 22.5 Å². The van der Waals surface area contributed by atoms with E-state index in [-0.39, 0.29) is 0 Å². The number of rotatable bonds is 5. The Morgan fingerprint density at radius 3 is 2.57 bits per heavy atom. The SMILES string of the molecule is O=C(C1CC1)N1CCC(Cn2c(-c3ccc(-c4ccc5c(c4)CC=C5)cc3)nc3ccccc32)C1. The maximum atomic E-state index is 12.6. The zero-order valence-corrected chi connectivity index (χ0v) is 19.9. The first kappa shape index (κ1) is 20.7. The van der Waals surface area contributed by atoms with Crippen molar-refractivity contribution in [2.45, 2.75) is 32.2 Å². The molecular formula is C31H29N3O. The lowest BCUT2D eigenvalue weighted by atomic mass is 9.99. The maximum Gasteiger partial charge on any atom is 0.225 e. The van der Waals surface area contributed by atoms with E-state index >= 15 is 0 Å². The predicted molar refractivity (Wildman–Crippen MR) is 141 cm³/mol. The number of carbonyl (C=O) groups excluding carboxylic acids is 1. The van der Waals surface area contributed by atoms with Gasteiger partial charge < -0.3 is 9.47 Å². The number of amides is 1. The van der Waals surface area contributed by atoms with E-state index in [4.69, 9.17) is 4.98 Å². The van der Waals surface area contributed by atoms with Crippen LogP contribution in [0.5, 0.6) is 0 Å². The Bertz CT molecular complexity index is 1460. The van der Waals surface area contributed by atoms with E-state index in [0.717, 1.165) is 62.2 Å². The van der Waals surface area contributed by atoms with Gasteiger partial charge in [-0.1, -0.05) is 66.7 Å². The van der Waals surface area contributed by atoms with Gasteiger partial charge in [-0.25, -0.2) is 4.98 Å². The number of likely N-dealkylation sites (tertiary alicyclic amines) is 1. The van der Waals surface area contributed by atoms with Crippen molar-refractivity contribution in [1.82, 2.24) is 14.5 Å². The second kappa shape index (κ2) is 8.23. The molecule has 174 valence electrons. The molecular weight excluding hydrogens is 430 g/mol. The van der Waals surface area contributed by atoms with Gasteiger partial charge >= 0.3 is 0 Å². The third kappa shape index (κ3) is 3.78. The minimum absolute atomic E-state index is 0.304. The molecule has 4 aromatic rings. The lowest BCUT2D eigenvalue weighted by Gasteiger charge is -2.18. The number of benzene rings is 3. The number of aromatic nitrogens is 2. The van der Waals surface area contributed by atoms with Gasteiger partial charge in [0, 0.05) is 31.1 Å². The average molecular weight is 460 g/mol. The quantitative estimate of drug-likeness (QED) is 0.356. The van der Waals surface area contributed by atoms with Crippen LogP contribution in [0.3, 0.4) is 0 Å². The van der Waals surface area contributed by atoms with Gasteiger partial charge in [0.1, 0.15) is 5.82 Å². The Morgan fingerprint density at radius 1 is 0.914 bits per heavy atom. The normalized spacial score (nSPS) is 19.0. The number of nitrogens with zero attached hydrogens (tertiary/aromatic N) is 3. The van der Waals surface area contributed by atoms with Crippen molar-refractivity contribution in [2.24, 2.45) is 11.8 Å². The monoisotopic (exact) mass is 459 g/mol. The summed E-state index contributed by atoms with van der Waals surface area (Å²) in [6.45, 7) is 2.66. The molecule has 4 nitrogen and oxygen atoms in total. The van der Waals surface area contributed by atoms with Crippen molar-refractivity contribution < 1.29 is 4.79 Å². The second-order valence-corrected chi connectivity index (χ2v) is 10.3. The van der Waals surface area contributed by atoms with Crippen LogP contribution in [0.1, 0.15) is 30.4 Å². The largest absolute Gasteiger partial charge is 0.342 e. The van der Waals surface area contributed by atoms with Crippen LogP contribution in [0.15, 0.2) is 72.8 Å². The van der Waals surface area contributed by atoms with Crippen molar-refractivity contribution in [3.63, 3.8) is 0 Å². The van der Waals surface area contributed by atoms with E-state index in [1.807, 2.05) is 0 Å². The predicted octanol–water partition coefficient (Wildman–Crippen LogP) is 6.20. The van der Waals surface area contributed by atoms with Crippen molar-refractivity contribution in [1.29, 1.82) is 0 Å². The van der Waals surface area contributed by atoms with Crippen LogP contribution in [0.25, 0.3) is 39.6 Å². The highest BCUT2D eigenvalue weighted by Gasteiger charge is 2.36. The first-order chi connectivity index (χ1) is 17.2. The van der Waals surface area contributed by atoms with Gasteiger partial charge in [-0.2, -0.15) is 0 Å². The lowest BCUT2D eigenvalue weighted by Crippen LogP contribution is -2.30. The Hall–Kier alpha value is -3.66. The molecule has 1 aliphatic heterocycles. The second-order valence-electron chi connectivity index (χ2n) is 10.3. The molecule has 4 heteroatoms. The maximum absolute atomic E-state index is 12.6. The molecule has 7 rings (SSSR count). The van der Waals surface area contributed by atoms with Gasteiger partial charge in [0.15, 0.2) is 0 Å². The summed E-state index contributed by atoms with van der Waals surface area (Å²) in [6.07, 6.45) is 8.68. The van der Waals surface area contributed by atoms with E-state index in [1.54, 1.807) is 0 Å². The summed E-state index contributed by atoms with van der Waals surface area (Å²) in [5.74, 6) is 2.16. The Labute approximate surface area is 205 Å². The van der Waals surface area contributed by atoms with Crippen LogP contribution in [-0.4, -0.2) is 33.4 Å². The fraction of sp³-hybridized carbons (Fsp3) is 0.290. The van der Waals surface area contributed by atoms with Crippen molar-refractivity contribution in [2.75, 3.05) is 13.1 Å². The molecule has 1 saturated heterocycles. The average Bonchev–Trinajstić information content (AvgIpc) is 3.30. The van der Waals surface area contributed by atoms with Gasteiger partial charge in [0.25, 0.3) is 0 Å². The summed E-state index contributed by atoms with van der Waals surface area (Å²) >= 11 is 0. The van der Waals surface area contributed by atoms with Crippen LogP contribution >= 0.6 is 0 Å². The van der Waals surface area contributed by atoms with Crippen LogP contribution < -0.4 is 0 Å². The minimum Gasteiger partial charge on any atom is -0.342 e. The molecule has 0 bridgehead atoms. The number of carbonyl (C=O) groups is 1. The van der Waals surface area contributed by atoms with Gasteiger partial charge in [-0.15, -0.1) is 0 Å². The van der Waals surface area contributed by atoms with Crippen molar-refractivity contribution in [3.05, 3.63) is 83.9 Å². The molecule has 0 radical (unpaired) electrons. The highest BCUT2D eigenvalue weighted by molar-refractivity contribution is 5.82. The van der Waals surface area contributed by atoms with Crippen molar-refractivity contribution >= 4 is 23.0 Å². The third-order valence-corrected chi connectivity index (χ3v) is 7.87. The van der Waals surface area contributed by atoms with Gasteiger partial charge in [-0.3, -0.25) is 4.79 Å². The first-order valence-corrected chi connectivity index (χ1v) is 12.9. The Morgan fingerprint density at radius 2 is 1.71 bits per heavy atom. The topological polar surface area (TPSA) is 38.1 Å². The molecule has 2 fully saturated rings. The summed E-state index contributed by atoms with van der Waals surface area (Å²) < 4.78 is 2.38. The Kier molecular flexibility index (Phi) is 4.86. The van der Waals surface area contributed by atoms with E-state index in [1.165, 1.54) is 27.8 Å². The summed E-state index contributed by atoms with van der Waals surface area (Å²) in [5.41, 5.74) is 8.57. The van der Waals surface area contributed by atoms with E-state index in [2.05, 4.69) is 88.3 Å². The van der Waals surface area contributed by atoms with Crippen LogP contribution in [-0.2, 0) is 17.8 Å². The minimum atomic E-state index is 0.304. The molecule has 2 aliphatic carbocycles. The number of para-hydroxylation sites is 2.